The van der Waals surface area contributed by atoms with E-state index in [1.165, 1.54) is 0 Å². The van der Waals surface area contributed by atoms with Crippen molar-refractivity contribution in [1.29, 1.82) is 0 Å². The Morgan fingerprint density at radius 2 is 1.95 bits per heavy atom. The summed E-state index contributed by atoms with van der Waals surface area (Å²) in [6, 6.07) is 4.88. The van der Waals surface area contributed by atoms with Crippen molar-refractivity contribution in [2.75, 3.05) is 38.1 Å². The molecule has 2 aliphatic heterocycles. The van der Waals surface area contributed by atoms with Crippen LogP contribution in [0, 0.1) is 0 Å². The molecule has 2 aromatic heterocycles. The van der Waals surface area contributed by atoms with Crippen molar-refractivity contribution in [1.82, 2.24) is 19.8 Å². The fraction of sp³-hybridized carbons (Fsp3) is 0.500. The highest BCUT2D eigenvalue weighted by Crippen LogP contribution is 2.33. The summed E-state index contributed by atoms with van der Waals surface area (Å²) in [7, 11) is 0. The number of nitrogens with one attached hydrogen (secondary N) is 2. The van der Waals surface area contributed by atoms with Gasteiger partial charge in [-0.2, -0.15) is 0 Å². The minimum Gasteiger partial charge on any atom is -0.372 e. The van der Waals surface area contributed by atoms with Gasteiger partial charge >= 0.3 is 0 Å². The van der Waals surface area contributed by atoms with Crippen LogP contribution in [0.4, 0.5) is 5.69 Å². The smallest absolute Gasteiger partial charge is 0.244 e. The number of carbonyl (C=O) groups is 2. The fourth-order valence-electron chi connectivity index (χ4n) is 5.25. The normalized spacial score (nSPS) is 24.1. The van der Waals surface area contributed by atoms with Crippen molar-refractivity contribution < 1.29 is 19.1 Å². The van der Waals surface area contributed by atoms with Crippen molar-refractivity contribution in [2.24, 2.45) is 0 Å². The van der Waals surface area contributed by atoms with Crippen molar-refractivity contribution >= 4 is 63.3 Å². The van der Waals surface area contributed by atoms with E-state index in [9.17, 15) is 9.59 Å². The summed E-state index contributed by atoms with van der Waals surface area (Å²) in [6.45, 7) is 9.73. The Kier molecular flexibility index (Phi) is 8.02. The van der Waals surface area contributed by atoms with E-state index in [0.717, 1.165) is 21.8 Å². The van der Waals surface area contributed by atoms with Gasteiger partial charge in [-0.15, -0.1) is 12.4 Å². The number of aromatic nitrogens is 2. The number of morpholine rings is 2. The van der Waals surface area contributed by atoms with E-state index in [4.69, 9.17) is 21.1 Å². The predicted octanol–water partition coefficient (Wildman–Crippen LogP) is 3.85. The van der Waals surface area contributed by atoms with E-state index in [2.05, 4.69) is 15.3 Å². The first kappa shape index (κ1) is 27.6. The Morgan fingerprint density at radius 3 is 2.68 bits per heavy atom. The van der Waals surface area contributed by atoms with E-state index in [0.29, 0.717) is 30.3 Å². The second-order valence-electron chi connectivity index (χ2n) is 10.5. The molecule has 0 aliphatic carbocycles. The summed E-state index contributed by atoms with van der Waals surface area (Å²) >= 11 is 6.42. The maximum atomic E-state index is 13.6. The standard InChI is InChI=1S/C26H32ClN5O4.ClH/c1-15-10-31(11-16(2)36-15)23(33)12-32-14-26(3,4)35-13-22(32)25(34)30-20-8-17(27)7-19-18-5-6-28-9-21(18)29-24(19)20;/h5-9,15-16,22,29H,10-14H2,1-4H3,(H,30,34);1H/t15-,16+,22-;/m0./s1. The SMILES string of the molecule is C[C@@H]1CN(C(=O)CN2CC(C)(C)OC[C@H]2C(=O)Nc2cc(Cl)cc3c2[nH]c2cnccc23)C[C@H](C)O1.Cl. The second kappa shape index (κ2) is 10.7. The van der Waals surface area contributed by atoms with Gasteiger partial charge in [-0.05, 0) is 45.9 Å². The van der Waals surface area contributed by atoms with Crippen molar-refractivity contribution in [3.63, 3.8) is 0 Å². The fourth-order valence-corrected chi connectivity index (χ4v) is 5.47. The van der Waals surface area contributed by atoms with Crippen LogP contribution in [0.3, 0.4) is 0 Å². The number of hydrogen-bond donors (Lipinski definition) is 2. The van der Waals surface area contributed by atoms with E-state index >= 15 is 0 Å². The average Bonchev–Trinajstić information content (AvgIpc) is 3.16. The number of fused-ring (bicyclic) bond motifs is 3. The zero-order valence-electron chi connectivity index (χ0n) is 21.4. The molecule has 0 radical (unpaired) electrons. The van der Waals surface area contributed by atoms with Gasteiger partial charge in [0.25, 0.3) is 0 Å². The highest BCUT2D eigenvalue weighted by Gasteiger charge is 2.39. The lowest BCUT2D eigenvalue weighted by molar-refractivity contribution is -0.156. The first-order valence-corrected chi connectivity index (χ1v) is 12.6. The molecular weight excluding hydrogens is 517 g/mol. The van der Waals surface area contributed by atoms with Crippen molar-refractivity contribution in [2.45, 2.75) is 51.5 Å². The zero-order chi connectivity index (χ0) is 25.6. The summed E-state index contributed by atoms with van der Waals surface area (Å²) < 4.78 is 11.8. The van der Waals surface area contributed by atoms with Crippen LogP contribution in [0.25, 0.3) is 21.8 Å². The summed E-state index contributed by atoms with van der Waals surface area (Å²) in [5.74, 6) is -0.261. The molecule has 11 heteroatoms. The number of anilines is 1. The number of carbonyl (C=O) groups excluding carboxylic acids is 2. The molecule has 2 N–H and O–H groups in total. The number of halogens is 2. The zero-order valence-corrected chi connectivity index (χ0v) is 23.0. The molecule has 4 heterocycles. The Morgan fingerprint density at radius 1 is 1.22 bits per heavy atom. The topological polar surface area (TPSA) is 99.8 Å². The molecule has 3 aromatic rings. The summed E-state index contributed by atoms with van der Waals surface area (Å²) in [5.41, 5.74) is 1.72. The number of aromatic amines is 1. The number of H-pyrrole nitrogens is 1. The molecule has 37 heavy (non-hydrogen) atoms. The van der Waals surface area contributed by atoms with Gasteiger partial charge in [-0.1, -0.05) is 11.6 Å². The van der Waals surface area contributed by atoms with E-state index < -0.39 is 11.6 Å². The predicted molar refractivity (Wildman–Crippen MR) is 146 cm³/mol. The van der Waals surface area contributed by atoms with Gasteiger partial charge in [0, 0.05) is 41.6 Å². The van der Waals surface area contributed by atoms with Crippen molar-refractivity contribution in [3.05, 3.63) is 35.6 Å². The molecule has 2 saturated heterocycles. The van der Waals surface area contributed by atoms with Gasteiger partial charge in [0.15, 0.2) is 0 Å². The lowest BCUT2D eigenvalue weighted by Gasteiger charge is -2.43. The van der Waals surface area contributed by atoms with Gasteiger partial charge in [0.05, 0.1) is 53.9 Å². The minimum atomic E-state index is -0.627. The molecule has 3 atom stereocenters. The molecule has 200 valence electrons. The van der Waals surface area contributed by atoms with Crippen LogP contribution in [0.5, 0.6) is 0 Å². The van der Waals surface area contributed by atoms with Crippen LogP contribution in [0.15, 0.2) is 30.6 Å². The van der Waals surface area contributed by atoms with E-state index in [1.54, 1.807) is 18.5 Å². The highest BCUT2D eigenvalue weighted by atomic mass is 35.5. The molecule has 0 spiro atoms. The Bertz CT molecular complexity index is 1300. The van der Waals surface area contributed by atoms with Gasteiger partial charge in [-0.25, -0.2) is 0 Å². The Balaban J connectivity index is 0.00000320. The quantitative estimate of drug-likeness (QED) is 0.512. The van der Waals surface area contributed by atoms with Crippen LogP contribution in [-0.4, -0.2) is 88.2 Å². The lowest BCUT2D eigenvalue weighted by Crippen LogP contribution is -2.61. The van der Waals surface area contributed by atoms with Crippen LogP contribution in [0.2, 0.25) is 5.02 Å². The number of rotatable bonds is 4. The molecule has 5 rings (SSSR count). The van der Waals surface area contributed by atoms with E-state index in [1.807, 2.05) is 49.6 Å². The first-order chi connectivity index (χ1) is 17.1. The van der Waals surface area contributed by atoms with Gasteiger partial charge in [0.1, 0.15) is 6.04 Å². The molecule has 2 amide bonds. The summed E-state index contributed by atoms with van der Waals surface area (Å²) in [5, 5.41) is 5.43. The van der Waals surface area contributed by atoms with Gasteiger partial charge < -0.3 is 24.7 Å². The number of amides is 2. The summed E-state index contributed by atoms with van der Waals surface area (Å²) in [6.07, 6.45) is 3.43. The minimum absolute atomic E-state index is 0. The van der Waals surface area contributed by atoms with Crippen LogP contribution < -0.4 is 5.32 Å². The van der Waals surface area contributed by atoms with Gasteiger partial charge in [0.2, 0.25) is 11.8 Å². The Labute approximate surface area is 227 Å². The van der Waals surface area contributed by atoms with Crippen LogP contribution >= 0.6 is 24.0 Å². The highest BCUT2D eigenvalue weighted by molar-refractivity contribution is 6.33. The number of nitrogens with zero attached hydrogens (tertiary/aromatic N) is 3. The molecule has 0 unspecified atom stereocenters. The monoisotopic (exact) mass is 549 g/mol. The molecule has 9 nitrogen and oxygen atoms in total. The molecule has 2 aliphatic rings. The van der Waals surface area contributed by atoms with Crippen LogP contribution in [-0.2, 0) is 19.1 Å². The number of hydrogen-bond acceptors (Lipinski definition) is 6. The molecule has 2 fully saturated rings. The molecule has 1 aromatic carbocycles. The van der Waals surface area contributed by atoms with Crippen molar-refractivity contribution in [3.8, 4) is 0 Å². The largest absolute Gasteiger partial charge is 0.372 e. The summed E-state index contributed by atoms with van der Waals surface area (Å²) in [4.78, 5) is 38.1. The van der Waals surface area contributed by atoms with Crippen LogP contribution in [0.1, 0.15) is 27.7 Å². The first-order valence-electron chi connectivity index (χ1n) is 12.3. The third-order valence-electron chi connectivity index (χ3n) is 6.80. The molecule has 0 bridgehead atoms. The number of benzene rings is 1. The Hall–Kier alpha value is -2.43. The maximum absolute atomic E-state index is 13.6. The number of ether oxygens (including phenoxy) is 2. The molecular formula is C26H33Cl2N5O4. The third kappa shape index (κ3) is 5.86. The second-order valence-corrected chi connectivity index (χ2v) is 10.9. The van der Waals surface area contributed by atoms with E-state index in [-0.39, 0.29) is 49.6 Å². The third-order valence-corrected chi connectivity index (χ3v) is 7.02. The number of pyridine rings is 1. The van der Waals surface area contributed by atoms with Gasteiger partial charge in [-0.3, -0.25) is 19.5 Å². The lowest BCUT2D eigenvalue weighted by atomic mass is 10.0. The molecule has 0 saturated carbocycles. The average molecular weight is 550 g/mol. The maximum Gasteiger partial charge on any atom is 0.244 e.